The first-order valence-electron chi connectivity index (χ1n) is 14.9. The van der Waals surface area contributed by atoms with Gasteiger partial charge in [0.15, 0.2) is 5.78 Å². The Bertz CT molecular complexity index is 1180. The molecule has 6 heteroatoms. The van der Waals surface area contributed by atoms with Crippen LogP contribution >= 0.6 is 0 Å². The Morgan fingerprint density at radius 2 is 1.46 bits per heavy atom. The Balaban J connectivity index is 1.21. The third kappa shape index (κ3) is 8.59. The molecule has 4 rings (SSSR count). The van der Waals surface area contributed by atoms with Gasteiger partial charge in [-0.3, -0.25) is 9.59 Å². The number of rotatable bonds is 14. The van der Waals surface area contributed by atoms with Gasteiger partial charge in [0.2, 0.25) is 0 Å². The first-order valence-corrected chi connectivity index (χ1v) is 14.9. The second-order valence-corrected chi connectivity index (χ2v) is 11.4. The summed E-state index contributed by atoms with van der Waals surface area (Å²) in [6.45, 7) is 7.33. The standard InChI is InChI=1S/C35H44N2O4/c1-35(2,34(39)40-26-10-22-36)30-18-16-27(17-19-30)32(38)15-9-23-37-24-20-31(21-25-37)41-33(28-11-5-3-6-12-28)29-13-7-4-8-14-29/h3-8,11-14,16-19,31,33H,9-10,15,20-26,36H2,1-2H3. The third-order valence-corrected chi connectivity index (χ3v) is 7.97. The van der Waals surface area contributed by atoms with Crippen LogP contribution in [0.4, 0.5) is 0 Å². The molecule has 0 aromatic heterocycles. The summed E-state index contributed by atoms with van der Waals surface area (Å²) in [5.41, 5.74) is 8.57. The van der Waals surface area contributed by atoms with Crippen molar-refractivity contribution < 1.29 is 19.1 Å². The van der Waals surface area contributed by atoms with E-state index < -0.39 is 5.41 Å². The van der Waals surface area contributed by atoms with Crippen LogP contribution in [-0.4, -0.2) is 55.5 Å². The first kappa shape index (κ1) is 30.6. The summed E-state index contributed by atoms with van der Waals surface area (Å²) in [5.74, 6) is -0.151. The summed E-state index contributed by atoms with van der Waals surface area (Å²) >= 11 is 0. The molecule has 3 aromatic rings. The molecule has 41 heavy (non-hydrogen) atoms. The maximum Gasteiger partial charge on any atom is 0.315 e. The van der Waals surface area contributed by atoms with Gasteiger partial charge in [0, 0.05) is 25.1 Å². The zero-order chi connectivity index (χ0) is 29.1. The smallest absolute Gasteiger partial charge is 0.315 e. The molecule has 0 spiro atoms. The predicted molar refractivity (Wildman–Crippen MR) is 163 cm³/mol. The summed E-state index contributed by atoms with van der Waals surface area (Å²) < 4.78 is 12.0. The average Bonchev–Trinajstić information content (AvgIpc) is 3.01. The zero-order valence-corrected chi connectivity index (χ0v) is 24.5. The number of piperidine rings is 1. The monoisotopic (exact) mass is 556 g/mol. The van der Waals surface area contributed by atoms with Crippen molar-refractivity contribution in [3.63, 3.8) is 0 Å². The second-order valence-electron chi connectivity index (χ2n) is 11.4. The van der Waals surface area contributed by atoms with E-state index in [4.69, 9.17) is 15.2 Å². The quantitative estimate of drug-likeness (QED) is 0.147. The van der Waals surface area contributed by atoms with Gasteiger partial charge < -0.3 is 20.1 Å². The lowest BCUT2D eigenvalue weighted by atomic mass is 9.84. The molecule has 0 saturated carbocycles. The number of nitrogens with zero attached hydrogens (tertiary/aromatic N) is 1. The number of esters is 1. The van der Waals surface area contributed by atoms with Gasteiger partial charge in [0.25, 0.3) is 0 Å². The van der Waals surface area contributed by atoms with E-state index in [-0.39, 0.29) is 24.0 Å². The van der Waals surface area contributed by atoms with Crippen LogP contribution in [0.3, 0.4) is 0 Å². The summed E-state index contributed by atoms with van der Waals surface area (Å²) in [6, 6.07) is 28.3. The Kier molecular flexibility index (Phi) is 11.3. The van der Waals surface area contributed by atoms with Gasteiger partial charge in [-0.25, -0.2) is 0 Å². The molecule has 1 heterocycles. The Morgan fingerprint density at radius 1 is 0.878 bits per heavy atom. The van der Waals surface area contributed by atoms with E-state index in [0.29, 0.717) is 31.6 Å². The number of hydrogen-bond acceptors (Lipinski definition) is 6. The molecule has 1 saturated heterocycles. The van der Waals surface area contributed by atoms with Gasteiger partial charge in [0.1, 0.15) is 6.10 Å². The Labute approximate surface area is 244 Å². The molecule has 0 amide bonds. The third-order valence-electron chi connectivity index (χ3n) is 7.97. The number of ether oxygens (including phenoxy) is 2. The Morgan fingerprint density at radius 3 is 2.02 bits per heavy atom. The molecule has 0 bridgehead atoms. The van der Waals surface area contributed by atoms with Gasteiger partial charge in [-0.1, -0.05) is 84.9 Å². The molecular weight excluding hydrogens is 512 g/mol. The topological polar surface area (TPSA) is 81.9 Å². The van der Waals surface area contributed by atoms with Crippen molar-refractivity contribution in [2.45, 2.75) is 63.6 Å². The molecule has 0 radical (unpaired) electrons. The summed E-state index contributed by atoms with van der Waals surface area (Å²) in [7, 11) is 0. The van der Waals surface area contributed by atoms with Gasteiger partial charge in [0.05, 0.1) is 18.1 Å². The fraction of sp³-hybridized carbons (Fsp3) is 0.429. The average molecular weight is 557 g/mol. The predicted octanol–water partition coefficient (Wildman–Crippen LogP) is 6.09. The molecule has 218 valence electrons. The van der Waals surface area contributed by atoms with E-state index >= 15 is 0 Å². The number of likely N-dealkylation sites (tertiary alicyclic amines) is 1. The highest BCUT2D eigenvalue weighted by Gasteiger charge is 2.31. The number of ketones is 1. The van der Waals surface area contributed by atoms with Crippen molar-refractivity contribution in [2.24, 2.45) is 5.73 Å². The highest BCUT2D eigenvalue weighted by Crippen LogP contribution is 2.30. The first-order chi connectivity index (χ1) is 19.9. The lowest BCUT2D eigenvalue weighted by Gasteiger charge is -2.34. The van der Waals surface area contributed by atoms with E-state index in [1.807, 2.05) is 50.2 Å². The van der Waals surface area contributed by atoms with Crippen molar-refractivity contribution in [3.05, 3.63) is 107 Å². The van der Waals surface area contributed by atoms with Crippen LogP contribution < -0.4 is 5.73 Å². The highest BCUT2D eigenvalue weighted by molar-refractivity contribution is 5.96. The van der Waals surface area contributed by atoms with Crippen molar-refractivity contribution in [3.8, 4) is 0 Å². The highest BCUT2D eigenvalue weighted by atomic mass is 16.5. The van der Waals surface area contributed by atoms with E-state index in [9.17, 15) is 9.59 Å². The van der Waals surface area contributed by atoms with Gasteiger partial charge >= 0.3 is 5.97 Å². The molecule has 2 N–H and O–H groups in total. The SMILES string of the molecule is CC(C)(C(=O)OCCCN)c1ccc(C(=O)CCCN2CCC(OC(c3ccccc3)c3ccccc3)CC2)cc1. The van der Waals surface area contributed by atoms with Gasteiger partial charge in [-0.15, -0.1) is 0 Å². The van der Waals surface area contributed by atoms with Gasteiger partial charge in [-0.2, -0.15) is 0 Å². The molecule has 0 unspecified atom stereocenters. The van der Waals surface area contributed by atoms with E-state index in [2.05, 4.69) is 53.4 Å². The maximum atomic E-state index is 12.9. The molecule has 3 aromatic carbocycles. The van der Waals surface area contributed by atoms with Crippen molar-refractivity contribution in [2.75, 3.05) is 32.8 Å². The molecule has 1 aliphatic heterocycles. The fourth-order valence-electron chi connectivity index (χ4n) is 5.29. The van der Waals surface area contributed by atoms with Crippen LogP contribution in [0, 0.1) is 0 Å². The zero-order valence-electron chi connectivity index (χ0n) is 24.5. The summed E-state index contributed by atoms with van der Waals surface area (Å²) in [6.07, 6.45) is 4.08. The van der Waals surface area contributed by atoms with E-state index in [1.54, 1.807) is 0 Å². The van der Waals surface area contributed by atoms with Crippen LogP contribution in [0.1, 0.15) is 79.1 Å². The van der Waals surface area contributed by atoms with Crippen LogP contribution in [-0.2, 0) is 19.7 Å². The van der Waals surface area contributed by atoms with Crippen molar-refractivity contribution >= 4 is 11.8 Å². The summed E-state index contributed by atoms with van der Waals surface area (Å²) in [4.78, 5) is 27.8. The molecule has 0 atom stereocenters. The number of nitrogens with two attached hydrogens (primary N) is 1. The minimum absolute atomic E-state index is 0.0645. The lowest BCUT2D eigenvalue weighted by molar-refractivity contribution is -0.149. The second kappa shape index (κ2) is 15.1. The molecule has 1 fully saturated rings. The van der Waals surface area contributed by atoms with Crippen molar-refractivity contribution in [1.82, 2.24) is 4.90 Å². The number of benzene rings is 3. The molecule has 0 aliphatic carbocycles. The molecular formula is C35H44N2O4. The normalized spacial score (nSPS) is 14.7. The summed E-state index contributed by atoms with van der Waals surface area (Å²) in [5, 5.41) is 0. The van der Waals surface area contributed by atoms with Crippen LogP contribution in [0.5, 0.6) is 0 Å². The fourth-order valence-corrected chi connectivity index (χ4v) is 5.29. The van der Waals surface area contributed by atoms with Crippen LogP contribution in [0.15, 0.2) is 84.9 Å². The number of carbonyl (C=O) groups excluding carboxylic acids is 2. The minimum Gasteiger partial charge on any atom is -0.465 e. The Hall–Kier alpha value is -3.32. The minimum atomic E-state index is -0.784. The molecule has 6 nitrogen and oxygen atoms in total. The van der Waals surface area contributed by atoms with E-state index in [0.717, 1.165) is 44.5 Å². The lowest BCUT2D eigenvalue weighted by Crippen LogP contribution is -2.38. The van der Waals surface area contributed by atoms with Crippen molar-refractivity contribution in [1.29, 1.82) is 0 Å². The molecule has 1 aliphatic rings. The maximum absolute atomic E-state index is 12.9. The number of Topliss-reactive ketones (excluding diaryl/α,β-unsaturated/α-hetero) is 1. The number of hydrogen-bond donors (Lipinski definition) is 1. The largest absolute Gasteiger partial charge is 0.465 e. The van der Waals surface area contributed by atoms with Gasteiger partial charge in [-0.05, 0) is 69.3 Å². The number of carbonyl (C=O) groups is 2. The van der Waals surface area contributed by atoms with Crippen LogP contribution in [0.2, 0.25) is 0 Å². The van der Waals surface area contributed by atoms with Crippen LogP contribution in [0.25, 0.3) is 0 Å². The van der Waals surface area contributed by atoms with E-state index in [1.165, 1.54) is 11.1 Å².